The number of halogens is 1. The molecule has 1 amide bonds. The van der Waals surface area contributed by atoms with Crippen molar-refractivity contribution in [2.75, 3.05) is 19.7 Å². The molecule has 0 radical (unpaired) electrons. The summed E-state index contributed by atoms with van der Waals surface area (Å²) in [4.78, 5) is 24.2. The van der Waals surface area contributed by atoms with Crippen molar-refractivity contribution in [3.05, 3.63) is 57.5 Å². The molecule has 1 aliphatic heterocycles. The number of aromatic nitrogens is 1. The van der Waals surface area contributed by atoms with E-state index in [-0.39, 0.29) is 12.3 Å². The molecule has 1 aromatic heterocycles. The number of carbonyl (C=O) groups excluding carboxylic acids is 1. The Bertz CT molecular complexity index is 1240. The number of amides is 1. The van der Waals surface area contributed by atoms with Crippen LogP contribution in [0.5, 0.6) is 0 Å². The molecule has 0 aliphatic carbocycles. The van der Waals surface area contributed by atoms with Crippen molar-refractivity contribution in [2.45, 2.75) is 25.0 Å². The van der Waals surface area contributed by atoms with E-state index in [9.17, 15) is 14.9 Å². The molecular weight excluding hydrogens is 432 g/mol. The van der Waals surface area contributed by atoms with E-state index in [0.29, 0.717) is 29.3 Å². The molecule has 0 bridgehead atoms. The van der Waals surface area contributed by atoms with Gasteiger partial charge in [0.2, 0.25) is 0 Å². The fourth-order valence-electron chi connectivity index (χ4n) is 3.70. The lowest BCUT2D eigenvalue weighted by molar-refractivity contribution is -0.132. The molecule has 3 aromatic rings. The van der Waals surface area contributed by atoms with Gasteiger partial charge in [0, 0.05) is 31.6 Å². The van der Waals surface area contributed by atoms with Crippen molar-refractivity contribution >= 4 is 28.6 Å². The molecule has 4 rings (SSSR count). The first-order chi connectivity index (χ1) is 15.5. The van der Waals surface area contributed by atoms with Crippen LogP contribution in [0.15, 0.2) is 45.6 Å². The standard InChI is InChI=1S/C23H23ClN4O4/c1-28-19-11-15(5-6-20(19)32-23(28)30)14-3-4-16(18(24)10-14)9-17(12-25)27-22(29)21-13-26-7-2-8-31-21/h3-6,10-11,17,21,26H,2,7-9,13H2,1H3,(H,27,29)/t17-,21?/m0/s1. The summed E-state index contributed by atoms with van der Waals surface area (Å²) in [5.41, 5.74) is 3.70. The van der Waals surface area contributed by atoms with Gasteiger partial charge >= 0.3 is 5.76 Å². The van der Waals surface area contributed by atoms with E-state index in [1.807, 2.05) is 30.3 Å². The molecule has 2 aromatic carbocycles. The minimum absolute atomic E-state index is 0.275. The first-order valence-corrected chi connectivity index (χ1v) is 10.7. The summed E-state index contributed by atoms with van der Waals surface area (Å²) >= 11 is 6.51. The summed E-state index contributed by atoms with van der Waals surface area (Å²) in [7, 11) is 1.65. The van der Waals surface area contributed by atoms with Crippen molar-refractivity contribution in [1.82, 2.24) is 15.2 Å². The maximum atomic E-state index is 12.5. The molecule has 2 N–H and O–H groups in total. The molecule has 1 aliphatic rings. The third kappa shape index (κ3) is 4.70. The second kappa shape index (κ2) is 9.57. The number of fused-ring (bicyclic) bond motifs is 1. The predicted molar refractivity (Wildman–Crippen MR) is 120 cm³/mol. The molecule has 1 saturated heterocycles. The minimum atomic E-state index is -0.727. The van der Waals surface area contributed by atoms with Gasteiger partial charge in [0.1, 0.15) is 12.1 Å². The van der Waals surface area contributed by atoms with Gasteiger partial charge in [0.25, 0.3) is 5.91 Å². The Labute approximate surface area is 189 Å². The molecule has 166 valence electrons. The van der Waals surface area contributed by atoms with Crippen LogP contribution in [-0.4, -0.2) is 42.3 Å². The average Bonchev–Trinajstić information content (AvgIpc) is 2.97. The number of oxazole rings is 1. The summed E-state index contributed by atoms with van der Waals surface area (Å²) in [5.74, 6) is -0.724. The lowest BCUT2D eigenvalue weighted by Gasteiger charge is -2.18. The van der Waals surface area contributed by atoms with E-state index in [4.69, 9.17) is 20.8 Å². The van der Waals surface area contributed by atoms with Gasteiger partial charge in [-0.25, -0.2) is 4.79 Å². The summed E-state index contributed by atoms with van der Waals surface area (Å²) < 4.78 is 12.2. The van der Waals surface area contributed by atoms with E-state index in [1.54, 1.807) is 13.1 Å². The first-order valence-electron chi connectivity index (χ1n) is 10.4. The molecule has 2 heterocycles. The van der Waals surface area contributed by atoms with Crippen LogP contribution < -0.4 is 16.4 Å². The SMILES string of the molecule is Cn1c(=O)oc2ccc(-c3ccc(C[C@@H](C#N)NC(=O)C4CNCCCO4)c(Cl)c3)cc21. The quantitative estimate of drug-likeness (QED) is 0.612. The number of benzene rings is 2. The molecule has 9 heteroatoms. The number of aryl methyl sites for hydroxylation is 1. The molecule has 2 atom stereocenters. The summed E-state index contributed by atoms with van der Waals surface area (Å²) in [6, 6.07) is 12.4. The van der Waals surface area contributed by atoms with Crippen LogP contribution in [0.3, 0.4) is 0 Å². The fraction of sp³-hybridized carbons (Fsp3) is 0.348. The summed E-state index contributed by atoms with van der Waals surface area (Å²) in [6.07, 6.45) is 0.508. The Morgan fingerprint density at radius 3 is 2.91 bits per heavy atom. The topological polar surface area (TPSA) is 109 Å². The molecular formula is C23H23ClN4O4. The third-order valence-corrected chi connectivity index (χ3v) is 5.87. The molecule has 1 fully saturated rings. The normalized spacial score (nSPS) is 17.5. The smallest absolute Gasteiger partial charge is 0.408 e. The fourth-order valence-corrected chi connectivity index (χ4v) is 3.95. The van der Waals surface area contributed by atoms with E-state index < -0.39 is 17.9 Å². The molecule has 0 saturated carbocycles. The van der Waals surface area contributed by atoms with Gasteiger partial charge in [-0.15, -0.1) is 0 Å². The summed E-state index contributed by atoms with van der Waals surface area (Å²) in [6.45, 7) is 1.73. The van der Waals surface area contributed by atoms with E-state index in [2.05, 4.69) is 16.7 Å². The number of hydrogen-bond donors (Lipinski definition) is 2. The highest BCUT2D eigenvalue weighted by molar-refractivity contribution is 6.31. The highest BCUT2D eigenvalue weighted by Crippen LogP contribution is 2.28. The van der Waals surface area contributed by atoms with Crippen molar-refractivity contribution in [2.24, 2.45) is 7.05 Å². The lowest BCUT2D eigenvalue weighted by Crippen LogP contribution is -2.46. The van der Waals surface area contributed by atoms with Crippen LogP contribution >= 0.6 is 11.6 Å². The average molecular weight is 455 g/mol. The van der Waals surface area contributed by atoms with Gasteiger partial charge in [0.15, 0.2) is 5.58 Å². The number of carbonyl (C=O) groups is 1. The van der Waals surface area contributed by atoms with Gasteiger partial charge < -0.3 is 19.8 Å². The van der Waals surface area contributed by atoms with E-state index in [1.165, 1.54) is 4.57 Å². The van der Waals surface area contributed by atoms with Crippen molar-refractivity contribution in [3.8, 4) is 17.2 Å². The predicted octanol–water partition coefficient (Wildman–Crippen LogP) is 2.38. The summed E-state index contributed by atoms with van der Waals surface area (Å²) in [5, 5.41) is 15.9. The van der Waals surface area contributed by atoms with E-state index >= 15 is 0 Å². The van der Waals surface area contributed by atoms with Gasteiger partial charge in [-0.3, -0.25) is 9.36 Å². The zero-order valence-corrected chi connectivity index (χ0v) is 18.3. The van der Waals surface area contributed by atoms with E-state index in [0.717, 1.165) is 29.7 Å². The van der Waals surface area contributed by atoms with Crippen LogP contribution in [0.2, 0.25) is 5.02 Å². The Morgan fingerprint density at radius 2 is 2.12 bits per heavy atom. The van der Waals surface area contributed by atoms with Crippen LogP contribution in [0.1, 0.15) is 12.0 Å². The lowest BCUT2D eigenvalue weighted by atomic mass is 10.0. The number of ether oxygens (including phenoxy) is 1. The number of rotatable bonds is 5. The van der Waals surface area contributed by atoms with Crippen LogP contribution in [0.25, 0.3) is 22.2 Å². The minimum Gasteiger partial charge on any atom is -0.408 e. The number of hydrogen-bond acceptors (Lipinski definition) is 6. The first kappa shape index (κ1) is 22.1. The number of nitrogens with zero attached hydrogens (tertiary/aromatic N) is 2. The number of nitrogens with one attached hydrogen (secondary N) is 2. The monoisotopic (exact) mass is 454 g/mol. The van der Waals surface area contributed by atoms with Crippen molar-refractivity contribution in [1.29, 1.82) is 5.26 Å². The van der Waals surface area contributed by atoms with Gasteiger partial charge in [-0.2, -0.15) is 5.26 Å². The van der Waals surface area contributed by atoms with Crippen LogP contribution in [-0.2, 0) is 23.0 Å². The second-order valence-electron chi connectivity index (χ2n) is 7.73. The van der Waals surface area contributed by atoms with Crippen molar-refractivity contribution in [3.63, 3.8) is 0 Å². The zero-order valence-electron chi connectivity index (χ0n) is 17.6. The largest absolute Gasteiger partial charge is 0.419 e. The number of nitriles is 1. The Balaban J connectivity index is 1.49. The van der Waals surface area contributed by atoms with Gasteiger partial charge in [0.05, 0.1) is 11.6 Å². The second-order valence-corrected chi connectivity index (χ2v) is 8.13. The highest BCUT2D eigenvalue weighted by Gasteiger charge is 2.24. The zero-order chi connectivity index (χ0) is 22.7. The van der Waals surface area contributed by atoms with Crippen LogP contribution in [0, 0.1) is 11.3 Å². The third-order valence-electron chi connectivity index (χ3n) is 5.51. The Kier molecular flexibility index (Phi) is 6.61. The van der Waals surface area contributed by atoms with Crippen molar-refractivity contribution < 1.29 is 13.9 Å². The molecule has 8 nitrogen and oxygen atoms in total. The van der Waals surface area contributed by atoms with Gasteiger partial charge in [-0.1, -0.05) is 29.8 Å². The molecule has 1 unspecified atom stereocenters. The van der Waals surface area contributed by atoms with Crippen LogP contribution in [0.4, 0.5) is 0 Å². The Hall–Kier alpha value is -3.12. The molecule has 0 spiro atoms. The maximum Gasteiger partial charge on any atom is 0.419 e. The maximum absolute atomic E-state index is 12.5. The molecule has 32 heavy (non-hydrogen) atoms. The Morgan fingerprint density at radius 1 is 1.34 bits per heavy atom. The van der Waals surface area contributed by atoms with Gasteiger partial charge in [-0.05, 0) is 47.9 Å². The highest BCUT2D eigenvalue weighted by atomic mass is 35.5.